The number of likely N-dealkylation sites (N-methyl/N-ethyl adjacent to an activating group) is 1. The number of rotatable bonds is 7. The molecule has 2 aliphatic rings. The SMILES string of the molecule is Cc1ccc(CN2CCC[C@](COc3ccc(Cl)c(C)c3)(CC(=O)N3CCN(C)CC3)C2)s1. The highest BCUT2D eigenvalue weighted by Crippen LogP contribution is 2.36. The molecule has 2 aliphatic heterocycles. The van der Waals surface area contributed by atoms with Crippen molar-refractivity contribution >= 4 is 28.8 Å². The molecule has 0 saturated carbocycles. The van der Waals surface area contributed by atoms with Gasteiger partial charge in [-0.2, -0.15) is 0 Å². The van der Waals surface area contributed by atoms with Crippen molar-refractivity contribution in [1.29, 1.82) is 0 Å². The molecule has 1 amide bonds. The molecular weight excluding hydrogens is 454 g/mol. The number of nitrogens with zero attached hydrogens (tertiary/aromatic N) is 3. The Morgan fingerprint density at radius 2 is 1.91 bits per heavy atom. The van der Waals surface area contributed by atoms with Gasteiger partial charge >= 0.3 is 0 Å². The Balaban J connectivity index is 1.48. The Hall–Kier alpha value is -1.60. The second-order valence-corrected chi connectivity index (χ2v) is 11.7. The Bertz CT molecular complexity index is 957. The van der Waals surface area contributed by atoms with Crippen LogP contribution in [-0.2, 0) is 11.3 Å². The number of piperazine rings is 1. The summed E-state index contributed by atoms with van der Waals surface area (Å²) in [5, 5.41) is 0.748. The number of aryl methyl sites for hydroxylation is 2. The molecule has 2 fully saturated rings. The number of hydrogen-bond donors (Lipinski definition) is 0. The highest BCUT2D eigenvalue weighted by Gasteiger charge is 2.40. The van der Waals surface area contributed by atoms with Gasteiger partial charge in [-0.05, 0) is 76.2 Å². The molecule has 180 valence electrons. The van der Waals surface area contributed by atoms with Gasteiger partial charge in [0, 0.05) is 65.9 Å². The van der Waals surface area contributed by atoms with E-state index >= 15 is 0 Å². The minimum absolute atomic E-state index is 0.182. The molecule has 2 aromatic rings. The van der Waals surface area contributed by atoms with Crippen LogP contribution in [0.2, 0.25) is 5.02 Å². The molecule has 1 aromatic heterocycles. The molecule has 0 bridgehead atoms. The van der Waals surface area contributed by atoms with E-state index in [4.69, 9.17) is 16.3 Å². The molecular formula is C26H36ClN3O2S. The van der Waals surface area contributed by atoms with Crippen molar-refractivity contribution in [2.24, 2.45) is 5.41 Å². The van der Waals surface area contributed by atoms with Gasteiger partial charge in [0.2, 0.25) is 5.91 Å². The van der Waals surface area contributed by atoms with Gasteiger partial charge in [-0.25, -0.2) is 0 Å². The number of ether oxygens (including phenoxy) is 1. The molecule has 0 radical (unpaired) electrons. The van der Waals surface area contributed by atoms with Gasteiger partial charge in [-0.1, -0.05) is 11.6 Å². The summed E-state index contributed by atoms with van der Waals surface area (Å²) in [6.45, 7) is 11.1. The summed E-state index contributed by atoms with van der Waals surface area (Å²) in [6, 6.07) is 10.2. The second kappa shape index (κ2) is 10.8. The lowest BCUT2D eigenvalue weighted by atomic mass is 9.77. The minimum atomic E-state index is -0.182. The molecule has 0 N–H and O–H groups in total. The van der Waals surface area contributed by atoms with Crippen LogP contribution in [0.4, 0.5) is 0 Å². The summed E-state index contributed by atoms with van der Waals surface area (Å²) >= 11 is 8.07. The predicted octanol–water partition coefficient (Wildman–Crippen LogP) is 4.84. The Kier molecular flexibility index (Phi) is 8.00. The summed E-state index contributed by atoms with van der Waals surface area (Å²) in [5.74, 6) is 1.10. The van der Waals surface area contributed by atoms with Crippen LogP contribution in [0.15, 0.2) is 30.3 Å². The molecule has 5 nitrogen and oxygen atoms in total. The number of hydrogen-bond acceptors (Lipinski definition) is 5. The Morgan fingerprint density at radius 1 is 1.12 bits per heavy atom. The fraction of sp³-hybridized carbons (Fsp3) is 0.577. The standard InChI is InChI=1S/C26H36ClN3O2S/c1-20-15-22(6-8-24(20)27)32-19-26(16-25(31)30-13-11-28(3)12-14-30)9-4-10-29(18-26)17-23-7-5-21(2)33-23/h5-8,15H,4,9-14,16-19H2,1-3H3/t26-/m0/s1. The number of piperidine rings is 1. The first-order chi connectivity index (χ1) is 15.8. The zero-order valence-corrected chi connectivity index (χ0v) is 21.7. The monoisotopic (exact) mass is 489 g/mol. The summed E-state index contributed by atoms with van der Waals surface area (Å²) in [5.41, 5.74) is 0.827. The molecule has 1 atom stereocenters. The lowest BCUT2D eigenvalue weighted by Crippen LogP contribution is -2.52. The van der Waals surface area contributed by atoms with Crippen molar-refractivity contribution in [3.05, 3.63) is 50.7 Å². The topological polar surface area (TPSA) is 36.0 Å². The number of carbonyl (C=O) groups excluding carboxylic acids is 1. The van der Waals surface area contributed by atoms with Crippen LogP contribution in [0.5, 0.6) is 5.75 Å². The highest BCUT2D eigenvalue weighted by molar-refractivity contribution is 7.11. The average molecular weight is 490 g/mol. The van der Waals surface area contributed by atoms with Crippen molar-refractivity contribution < 1.29 is 9.53 Å². The van der Waals surface area contributed by atoms with E-state index in [9.17, 15) is 4.79 Å². The van der Waals surface area contributed by atoms with E-state index in [1.807, 2.05) is 36.5 Å². The second-order valence-electron chi connectivity index (χ2n) is 9.89. The maximum atomic E-state index is 13.4. The first-order valence-electron chi connectivity index (χ1n) is 11.9. The maximum Gasteiger partial charge on any atom is 0.223 e. The van der Waals surface area contributed by atoms with Gasteiger partial charge in [-0.15, -0.1) is 11.3 Å². The van der Waals surface area contributed by atoms with E-state index in [1.165, 1.54) is 9.75 Å². The first-order valence-corrected chi connectivity index (χ1v) is 13.1. The molecule has 33 heavy (non-hydrogen) atoms. The van der Waals surface area contributed by atoms with Crippen molar-refractivity contribution in [3.63, 3.8) is 0 Å². The largest absolute Gasteiger partial charge is 0.493 e. The summed E-state index contributed by atoms with van der Waals surface area (Å²) < 4.78 is 6.33. The van der Waals surface area contributed by atoms with E-state index in [0.717, 1.165) is 75.0 Å². The van der Waals surface area contributed by atoms with Crippen LogP contribution in [-0.4, -0.2) is 73.5 Å². The Morgan fingerprint density at radius 3 is 2.61 bits per heavy atom. The van der Waals surface area contributed by atoms with Crippen molar-refractivity contribution in [1.82, 2.24) is 14.7 Å². The van der Waals surface area contributed by atoms with E-state index < -0.39 is 0 Å². The number of thiophene rings is 1. The van der Waals surface area contributed by atoms with Gasteiger partial charge in [0.1, 0.15) is 5.75 Å². The molecule has 7 heteroatoms. The fourth-order valence-electron chi connectivity index (χ4n) is 4.98. The van der Waals surface area contributed by atoms with Crippen LogP contribution < -0.4 is 4.74 Å². The van der Waals surface area contributed by atoms with Crippen molar-refractivity contribution in [2.75, 3.05) is 52.9 Å². The number of halogens is 1. The van der Waals surface area contributed by atoms with Gasteiger partial charge in [0.25, 0.3) is 0 Å². The minimum Gasteiger partial charge on any atom is -0.493 e. The molecule has 4 rings (SSSR count). The van der Waals surface area contributed by atoms with E-state index in [1.54, 1.807) is 0 Å². The zero-order chi connectivity index (χ0) is 23.4. The van der Waals surface area contributed by atoms with Gasteiger partial charge in [-0.3, -0.25) is 9.69 Å². The maximum absolute atomic E-state index is 13.4. The lowest BCUT2D eigenvalue weighted by Gasteiger charge is -2.43. The van der Waals surface area contributed by atoms with Gasteiger partial charge in [0.05, 0.1) is 6.61 Å². The lowest BCUT2D eigenvalue weighted by molar-refractivity contribution is -0.137. The smallest absolute Gasteiger partial charge is 0.223 e. The van der Waals surface area contributed by atoms with Crippen LogP contribution >= 0.6 is 22.9 Å². The predicted molar refractivity (Wildman–Crippen MR) is 136 cm³/mol. The molecule has 0 unspecified atom stereocenters. The third-order valence-corrected chi connectivity index (χ3v) is 8.38. The van der Waals surface area contributed by atoms with Crippen molar-refractivity contribution in [2.45, 2.75) is 39.7 Å². The number of amides is 1. The van der Waals surface area contributed by atoms with Crippen molar-refractivity contribution in [3.8, 4) is 5.75 Å². The first kappa shape index (κ1) is 24.5. The quantitative estimate of drug-likeness (QED) is 0.557. The Labute approximate surface area is 207 Å². The zero-order valence-electron chi connectivity index (χ0n) is 20.1. The van der Waals surface area contributed by atoms with E-state index in [2.05, 4.69) is 40.8 Å². The van der Waals surface area contributed by atoms with Crippen LogP contribution in [0.1, 0.15) is 34.6 Å². The fourth-order valence-corrected chi connectivity index (χ4v) is 6.03. The van der Waals surface area contributed by atoms with E-state index in [0.29, 0.717) is 13.0 Å². The third-order valence-electron chi connectivity index (χ3n) is 6.97. The van der Waals surface area contributed by atoms with Gasteiger partial charge < -0.3 is 14.5 Å². The van der Waals surface area contributed by atoms with E-state index in [-0.39, 0.29) is 11.3 Å². The van der Waals surface area contributed by atoms with Crippen LogP contribution in [0.3, 0.4) is 0 Å². The van der Waals surface area contributed by atoms with Crippen LogP contribution in [0, 0.1) is 19.3 Å². The van der Waals surface area contributed by atoms with Gasteiger partial charge in [0.15, 0.2) is 0 Å². The molecule has 0 spiro atoms. The average Bonchev–Trinajstić information content (AvgIpc) is 3.19. The summed E-state index contributed by atoms with van der Waals surface area (Å²) in [7, 11) is 2.12. The summed E-state index contributed by atoms with van der Waals surface area (Å²) in [6.07, 6.45) is 2.64. The number of benzene rings is 1. The normalized spacial score (nSPS) is 22.5. The third kappa shape index (κ3) is 6.50. The van der Waals surface area contributed by atoms with Crippen LogP contribution in [0.25, 0.3) is 0 Å². The molecule has 0 aliphatic carbocycles. The molecule has 1 aromatic carbocycles. The molecule has 2 saturated heterocycles. The number of likely N-dealkylation sites (tertiary alicyclic amines) is 1. The number of carbonyl (C=O) groups is 1. The molecule has 3 heterocycles. The highest BCUT2D eigenvalue weighted by atomic mass is 35.5. The summed E-state index contributed by atoms with van der Waals surface area (Å²) in [4.78, 5) is 23.0.